The molecule has 0 aliphatic carbocycles. The Balaban J connectivity index is 2.19. The Morgan fingerprint density at radius 3 is 2.45 bits per heavy atom. The van der Waals surface area contributed by atoms with Crippen LogP contribution in [0, 0.1) is 0 Å². The zero-order valence-corrected chi connectivity index (χ0v) is 12.9. The van der Waals surface area contributed by atoms with E-state index in [0.717, 1.165) is 6.26 Å². The zero-order valence-electron chi connectivity index (χ0n) is 10.5. The fourth-order valence-corrected chi connectivity index (χ4v) is 2.54. The van der Waals surface area contributed by atoms with Crippen molar-refractivity contribution in [1.82, 2.24) is 4.98 Å². The van der Waals surface area contributed by atoms with Crippen molar-refractivity contribution in [3.63, 3.8) is 0 Å². The van der Waals surface area contributed by atoms with Crippen LogP contribution in [0.1, 0.15) is 10.4 Å². The number of sulfone groups is 1. The van der Waals surface area contributed by atoms with Gasteiger partial charge in [-0.05, 0) is 40.2 Å². The highest BCUT2D eigenvalue weighted by atomic mass is 79.9. The number of benzene rings is 1. The van der Waals surface area contributed by atoms with Crippen LogP contribution in [0.3, 0.4) is 0 Å². The molecule has 1 amide bonds. The van der Waals surface area contributed by atoms with Crippen molar-refractivity contribution in [2.75, 3.05) is 11.6 Å². The predicted octanol–water partition coefficient (Wildman–Crippen LogP) is 2.50. The molecule has 0 bridgehead atoms. The van der Waals surface area contributed by atoms with Crippen molar-refractivity contribution in [1.29, 1.82) is 0 Å². The van der Waals surface area contributed by atoms with Crippen LogP contribution in [0.2, 0.25) is 0 Å². The van der Waals surface area contributed by atoms with E-state index >= 15 is 0 Å². The second kappa shape index (κ2) is 5.72. The number of nitrogens with zero attached hydrogens (tertiary/aromatic N) is 1. The highest BCUT2D eigenvalue weighted by Gasteiger charge is 2.11. The van der Waals surface area contributed by atoms with E-state index < -0.39 is 9.84 Å². The Bertz CT molecular complexity index is 742. The molecule has 1 heterocycles. The number of hydrogen-bond acceptors (Lipinski definition) is 4. The van der Waals surface area contributed by atoms with E-state index in [4.69, 9.17) is 0 Å². The van der Waals surface area contributed by atoms with Gasteiger partial charge in [0.05, 0.1) is 17.4 Å². The lowest BCUT2D eigenvalue weighted by Gasteiger charge is -2.06. The first kappa shape index (κ1) is 14.7. The molecule has 0 radical (unpaired) electrons. The Hall–Kier alpha value is -1.73. The first-order valence-electron chi connectivity index (χ1n) is 5.60. The van der Waals surface area contributed by atoms with E-state index in [1.54, 1.807) is 18.2 Å². The second-order valence-electron chi connectivity index (χ2n) is 4.09. The number of carbonyl (C=O) groups is 1. The van der Waals surface area contributed by atoms with E-state index in [0.29, 0.717) is 15.7 Å². The first-order valence-corrected chi connectivity index (χ1v) is 8.28. The maximum Gasteiger partial charge on any atom is 0.256 e. The highest BCUT2D eigenvalue weighted by Crippen LogP contribution is 2.18. The van der Waals surface area contributed by atoms with Crippen LogP contribution in [0.4, 0.5) is 5.69 Å². The molecule has 0 saturated heterocycles. The fourth-order valence-electron chi connectivity index (χ4n) is 1.52. The largest absolute Gasteiger partial charge is 0.321 e. The zero-order chi connectivity index (χ0) is 14.8. The highest BCUT2D eigenvalue weighted by molar-refractivity contribution is 9.10. The van der Waals surface area contributed by atoms with Gasteiger partial charge in [0, 0.05) is 10.7 Å². The minimum absolute atomic E-state index is 0.0311. The third kappa shape index (κ3) is 3.43. The summed E-state index contributed by atoms with van der Waals surface area (Å²) in [6.07, 6.45) is 2.39. The van der Waals surface area contributed by atoms with Crippen molar-refractivity contribution in [2.45, 2.75) is 5.03 Å². The van der Waals surface area contributed by atoms with Crippen LogP contribution >= 0.6 is 15.9 Å². The number of anilines is 1. The summed E-state index contributed by atoms with van der Waals surface area (Å²) in [5, 5.41) is 2.62. The number of aromatic nitrogens is 1. The van der Waals surface area contributed by atoms with Gasteiger partial charge in [-0.25, -0.2) is 13.4 Å². The average Bonchev–Trinajstić information content (AvgIpc) is 2.38. The number of halogens is 1. The normalized spacial score (nSPS) is 11.1. The summed E-state index contributed by atoms with van der Waals surface area (Å²) in [5.41, 5.74) is 0.915. The molecule has 5 nitrogen and oxygen atoms in total. The van der Waals surface area contributed by atoms with E-state index in [9.17, 15) is 13.2 Å². The van der Waals surface area contributed by atoms with Gasteiger partial charge < -0.3 is 5.32 Å². The summed E-state index contributed by atoms with van der Waals surface area (Å²) in [4.78, 5) is 15.8. The lowest BCUT2D eigenvalue weighted by molar-refractivity contribution is 0.102. The molecule has 1 aromatic carbocycles. The smallest absolute Gasteiger partial charge is 0.256 e. The molecule has 0 atom stereocenters. The van der Waals surface area contributed by atoms with Crippen molar-refractivity contribution in [2.24, 2.45) is 0 Å². The van der Waals surface area contributed by atoms with E-state index in [2.05, 4.69) is 26.2 Å². The number of amides is 1. The molecule has 0 saturated carbocycles. The van der Waals surface area contributed by atoms with E-state index in [1.165, 1.54) is 18.3 Å². The Labute approximate surface area is 125 Å². The number of nitrogens with one attached hydrogen (secondary N) is 1. The fraction of sp³-hybridized carbons (Fsp3) is 0.0769. The summed E-state index contributed by atoms with van der Waals surface area (Å²) >= 11 is 3.29. The molecule has 20 heavy (non-hydrogen) atoms. The van der Waals surface area contributed by atoms with Gasteiger partial charge in [-0.1, -0.05) is 12.1 Å². The SMILES string of the molecule is CS(=O)(=O)c1ccc(NC(=O)c2ccccc2Br)cn1. The molecular formula is C13H11BrN2O3S. The van der Waals surface area contributed by atoms with Crippen molar-refractivity contribution in [3.8, 4) is 0 Å². The maximum atomic E-state index is 12.0. The number of pyridine rings is 1. The molecule has 1 N–H and O–H groups in total. The van der Waals surface area contributed by atoms with Gasteiger partial charge in [0.15, 0.2) is 14.9 Å². The molecule has 0 aliphatic rings. The molecule has 0 unspecified atom stereocenters. The van der Waals surface area contributed by atoms with Gasteiger partial charge in [-0.3, -0.25) is 4.79 Å². The van der Waals surface area contributed by atoms with Crippen LogP contribution in [-0.4, -0.2) is 25.6 Å². The monoisotopic (exact) mass is 354 g/mol. The van der Waals surface area contributed by atoms with Crippen molar-refractivity contribution in [3.05, 3.63) is 52.6 Å². The van der Waals surface area contributed by atoms with Gasteiger partial charge >= 0.3 is 0 Å². The van der Waals surface area contributed by atoms with Crippen LogP contribution in [0.15, 0.2) is 52.1 Å². The molecule has 104 valence electrons. The third-order valence-electron chi connectivity index (χ3n) is 2.49. The molecule has 0 spiro atoms. The summed E-state index contributed by atoms with van der Waals surface area (Å²) in [6, 6.07) is 9.86. The standard InChI is InChI=1S/C13H11BrN2O3S/c1-20(18,19)12-7-6-9(8-15-12)16-13(17)10-4-2-3-5-11(10)14/h2-8H,1H3,(H,16,17). The summed E-state index contributed by atoms with van der Waals surface area (Å²) in [6.45, 7) is 0. The first-order chi connectivity index (χ1) is 9.38. The van der Waals surface area contributed by atoms with E-state index in [-0.39, 0.29) is 10.9 Å². The molecule has 1 aromatic heterocycles. The van der Waals surface area contributed by atoms with Crippen LogP contribution in [0.5, 0.6) is 0 Å². The summed E-state index contributed by atoms with van der Waals surface area (Å²) in [7, 11) is -3.34. The van der Waals surface area contributed by atoms with Gasteiger partial charge in [0.1, 0.15) is 0 Å². The van der Waals surface area contributed by atoms with Crippen molar-refractivity contribution >= 4 is 37.4 Å². The van der Waals surface area contributed by atoms with E-state index in [1.807, 2.05) is 6.07 Å². The Kier molecular flexibility index (Phi) is 4.20. The minimum atomic E-state index is -3.34. The molecule has 0 fully saturated rings. The quantitative estimate of drug-likeness (QED) is 0.918. The molecule has 2 aromatic rings. The van der Waals surface area contributed by atoms with Crippen LogP contribution in [-0.2, 0) is 9.84 Å². The van der Waals surface area contributed by atoms with Gasteiger partial charge in [0.2, 0.25) is 0 Å². The molecular weight excluding hydrogens is 344 g/mol. The Morgan fingerprint density at radius 1 is 1.20 bits per heavy atom. The van der Waals surface area contributed by atoms with Gasteiger partial charge in [0.25, 0.3) is 5.91 Å². The lowest BCUT2D eigenvalue weighted by atomic mass is 10.2. The molecule has 0 aliphatic heterocycles. The third-order valence-corrected chi connectivity index (χ3v) is 4.19. The van der Waals surface area contributed by atoms with Gasteiger partial charge in [-0.15, -0.1) is 0 Å². The number of rotatable bonds is 3. The topological polar surface area (TPSA) is 76.1 Å². The predicted molar refractivity (Wildman–Crippen MR) is 79.4 cm³/mol. The second-order valence-corrected chi connectivity index (χ2v) is 6.91. The van der Waals surface area contributed by atoms with Crippen molar-refractivity contribution < 1.29 is 13.2 Å². The van der Waals surface area contributed by atoms with Gasteiger partial charge in [-0.2, -0.15) is 0 Å². The lowest BCUT2D eigenvalue weighted by Crippen LogP contribution is -2.13. The van der Waals surface area contributed by atoms with Crippen LogP contribution in [0.25, 0.3) is 0 Å². The minimum Gasteiger partial charge on any atom is -0.321 e. The van der Waals surface area contributed by atoms with Crippen LogP contribution < -0.4 is 5.32 Å². The summed E-state index contributed by atoms with van der Waals surface area (Å²) in [5.74, 6) is -0.300. The molecule has 2 rings (SSSR count). The number of carbonyl (C=O) groups excluding carboxylic acids is 1. The maximum absolute atomic E-state index is 12.0. The Morgan fingerprint density at radius 2 is 1.90 bits per heavy atom. The number of hydrogen-bond donors (Lipinski definition) is 1. The average molecular weight is 355 g/mol. The summed E-state index contributed by atoms with van der Waals surface area (Å²) < 4.78 is 23.2. The molecule has 7 heteroatoms.